The molecule has 4 heteroatoms. The van der Waals surface area contributed by atoms with Crippen molar-refractivity contribution in [2.75, 3.05) is 31.6 Å². The zero-order valence-electron chi connectivity index (χ0n) is 13.6. The van der Waals surface area contributed by atoms with Gasteiger partial charge in [0.1, 0.15) is 5.82 Å². The number of ether oxygens (including phenoxy) is 1. The molecule has 0 bridgehead atoms. The molecule has 0 aromatic carbocycles. The second-order valence-electron chi connectivity index (χ2n) is 6.67. The number of aromatic nitrogens is 1. The van der Waals surface area contributed by atoms with E-state index in [1.54, 1.807) is 0 Å². The lowest BCUT2D eigenvalue weighted by molar-refractivity contribution is -0.0717. The first-order valence-corrected chi connectivity index (χ1v) is 8.06. The van der Waals surface area contributed by atoms with Gasteiger partial charge in [-0.1, -0.05) is 6.07 Å². The maximum Gasteiger partial charge on any atom is 0.125 e. The molecule has 2 rings (SSSR count). The minimum atomic E-state index is 0.0588. The fourth-order valence-electron chi connectivity index (χ4n) is 2.84. The van der Waals surface area contributed by atoms with Crippen LogP contribution in [0.3, 0.4) is 0 Å². The van der Waals surface area contributed by atoms with Crippen molar-refractivity contribution in [3.8, 4) is 0 Å². The lowest BCUT2D eigenvalue weighted by atomic mass is 9.88. The lowest BCUT2D eigenvalue weighted by Gasteiger charge is -2.35. The average Bonchev–Trinajstić information content (AvgIpc) is 2.43. The summed E-state index contributed by atoms with van der Waals surface area (Å²) >= 11 is 0. The van der Waals surface area contributed by atoms with Gasteiger partial charge in [0.2, 0.25) is 0 Å². The Balaban J connectivity index is 1.53. The molecule has 21 heavy (non-hydrogen) atoms. The summed E-state index contributed by atoms with van der Waals surface area (Å²) in [5.41, 5.74) is 1.25. The summed E-state index contributed by atoms with van der Waals surface area (Å²) in [6, 6.07) is 4.12. The van der Waals surface area contributed by atoms with Crippen LogP contribution in [-0.2, 0) is 4.74 Å². The third-order valence-electron chi connectivity index (χ3n) is 3.98. The second-order valence-corrected chi connectivity index (χ2v) is 6.67. The monoisotopic (exact) mass is 291 g/mol. The molecule has 1 aliphatic heterocycles. The lowest BCUT2D eigenvalue weighted by Crippen LogP contribution is -2.38. The van der Waals surface area contributed by atoms with Gasteiger partial charge < -0.3 is 15.4 Å². The Hall–Kier alpha value is -1.13. The normalized spacial score (nSPS) is 21.2. The largest absolute Gasteiger partial charge is 0.376 e. The minimum absolute atomic E-state index is 0.0588. The van der Waals surface area contributed by atoms with Crippen LogP contribution in [0.25, 0.3) is 0 Å². The summed E-state index contributed by atoms with van der Waals surface area (Å²) in [4.78, 5) is 4.34. The van der Waals surface area contributed by atoms with E-state index in [4.69, 9.17) is 4.74 Å². The van der Waals surface area contributed by atoms with E-state index in [0.717, 1.165) is 50.8 Å². The fourth-order valence-corrected chi connectivity index (χ4v) is 2.84. The van der Waals surface area contributed by atoms with Crippen molar-refractivity contribution in [3.63, 3.8) is 0 Å². The van der Waals surface area contributed by atoms with Crippen LogP contribution in [0.5, 0.6) is 0 Å². The molecule has 2 heterocycles. The molecule has 0 saturated carbocycles. The fraction of sp³-hybridized carbons (Fsp3) is 0.706. The third kappa shape index (κ3) is 6.02. The predicted molar refractivity (Wildman–Crippen MR) is 87.7 cm³/mol. The first kappa shape index (κ1) is 16.2. The van der Waals surface area contributed by atoms with Crippen LogP contribution in [0, 0.1) is 12.8 Å². The molecule has 1 atom stereocenters. The van der Waals surface area contributed by atoms with Crippen LogP contribution >= 0.6 is 0 Å². The zero-order chi connectivity index (χ0) is 15.1. The summed E-state index contributed by atoms with van der Waals surface area (Å²) in [5, 5.41) is 6.92. The van der Waals surface area contributed by atoms with Crippen LogP contribution in [0.2, 0.25) is 0 Å². The molecule has 1 saturated heterocycles. The maximum atomic E-state index is 5.75. The summed E-state index contributed by atoms with van der Waals surface area (Å²) in [7, 11) is 0. The quantitative estimate of drug-likeness (QED) is 0.758. The van der Waals surface area contributed by atoms with Gasteiger partial charge in [-0.05, 0) is 70.7 Å². The SMILES string of the molecule is Cc1ccc(NCCCNCC2CCOC(C)(C)C2)nc1. The summed E-state index contributed by atoms with van der Waals surface area (Å²) in [6.07, 6.45) is 5.35. The van der Waals surface area contributed by atoms with Gasteiger partial charge >= 0.3 is 0 Å². The van der Waals surface area contributed by atoms with Crippen molar-refractivity contribution < 1.29 is 4.74 Å². The molecule has 1 aromatic heterocycles. The smallest absolute Gasteiger partial charge is 0.125 e. The summed E-state index contributed by atoms with van der Waals surface area (Å²) < 4.78 is 5.75. The van der Waals surface area contributed by atoms with Crippen molar-refractivity contribution in [3.05, 3.63) is 23.9 Å². The van der Waals surface area contributed by atoms with Crippen molar-refractivity contribution >= 4 is 5.82 Å². The van der Waals surface area contributed by atoms with E-state index in [2.05, 4.69) is 42.5 Å². The number of hydrogen-bond donors (Lipinski definition) is 2. The minimum Gasteiger partial charge on any atom is -0.376 e. The Bertz CT molecular complexity index is 417. The summed E-state index contributed by atoms with van der Waals surface area (Å²) in [6.45, 7) is 10.5. The van der Waals surface area contributed by atoms with Crippen LogP contribution < -0.4 is 10.6 Å². The van der Waals surface area contributed by atoms with Crippen LogP contribution in [0.1, 0.15) is 38.7 Å². The molecule has 2 N–H and O–H groups in total. The number of nitrogens with one attached hydrogen (secondary N) is 2. The van der Waals surface area contributed by atoms with E-state index in [-0.39, 0.29) is 5.60 Å². The Morgan fingerprint density at radius 2 is 2.19 bits per heavy atom. The molecule has 118 valence electrons. The topological polar surface area (TPSA) is 46.2 Å². The molecule has 1 unspecified atom stereocenters. The van der Waals surface area contributed by atoms with E-state index in [1.165, 1.54) is 12.0 Å². The molecule has 1 fully saturated rings. The molecule has 0 spiro atoms. The highest BCUT2D eigenvalue weighted by molar-refractivity contribution is 5.34. The average molecular weight is 291 g/mol. The van der Waals surface area contributed by atoms with Gasteiger partial charge in [-0.3, -0.25) is 0 Å². The van der Waals surface area contributed by atoms with E-state index in [0.29, 0.717) is 0 Å². The molecule has 0 radical (unpaired) electrons. The number of rotatable bonds is 7. The Kier molecular flexibility index (Phi) is 6.00. The Morgan fingerprint density at radius 1 is 1.33 bits per heavy atom. The van der Waals surface area contributed by atoms with Gasteiger partial charge in [0.25, 0.3) is 0 Å². The molecule has 4 nitrogen and oxygen atoms in total. The number of hydrogen-bond acceptors (Lipinski definition) is 4. The second kappa shape index (κ2) is 7.76. The van der Waals surface area contributed by atoms with E-state index >= 15 is 0 Å². The first-order valence-electron chi connectivity index (χ1n) is 8.06. The highest BCUT2D eigenvalue weighted by Gasteiger charge is 2.28. The number of pyridine rings is 1. The van der Waals surface area contributed by atoms with Crippen molar-refractivity contribution in [2.24, 2.45) is 5.92 Å². The first-order chi connectivity index (χ1) is 10.1. The van der Waals surface area contributed by atoms with Gasteiger partial charge in [-0.2, -0.15) is 0 Å². The molecular formula is C17H29N3O. The van der Waals surface area contributed by atoms with E-state index < -0.39 is 0 Å². The highest BCUT2D eigenvalue weighted by Crippen LogP contribution is 2.27. The molecule has 1 aliphatic rings. The van der Waals surface area contributed by atoms with Gasteiger partial charge in [0.05, 0.1) is 5.60 Å². The summed E-state index contributed by atoms with van der Waals surface area (Å²) in [5.74, 6) is 1.72. The molecule has 0 aliphatic carbocycles. The van der Waals surface area contributed by atoms with E-state index in [9.17, 15) is 0 Å². The third-order valence-corrected chi connectivity index (χ3v) is 3.98. The number of nitrogens with zero attached hydrogens (tertiary/aromatic N) is 1. The standard InChI is InChI=1S/C17H29N3O/c1-14-5-6-16(20-12-14)19-9-4-8-18-13-15-7-10-21-17(2,3)11-15/h5-6,12,15,18H,4,7-11,13H2,1-3H3,(H,19,20). The Labute approximate surface area is 128 Å². The van der Waals surface area contributed by atoms with Crippen LogP contribution in [0.4, 0.5) is 5.82 Å². The molecule has 1 aromatic rings. The van der Waals surface area contributed by atoms with Gasteiger partial charge in [0, 0.05) is 19.3 Å². The number of anilines is 1. The number of aryl methyl sites for hydroxylation is 1. The van der Waals surface area contributed by atoms with Gasteiger partial charge in [0.15, 0.2) is 0 Å². The van der Waals surface area contributed by atoms with Gasteiger partial charge in [-0.15, -0.1) is 0 Å². The zero-order valence-corrected chi connectivity index (χ0v) is 13.6. The predicted octanol–water partition coefficient (Wildman–Crippen LogP) is 2.99. The highest BCUT2D eigenvalue weighted by atomic mass is 16.5. The Morgan fingerprint density at radius 3 is 2.90 bits per heavy atom. The van der Waals surface area contributed by atoms with Crippen molar-refractivity contribution in [2.45, 2.75) is 45.6 Å². The van der Waals surface area contributed by atoms with Crippen molar-refractivity contribution in [1.82, 2.24) is 10.3 Å². The molecule has 0 amide bonds. The van der Waals surface area contributed by atoms with Crippen LogP contribution in [0.15, 0.2) is 18.3 Å². The maximum absolute atomic E-state index is 5.75. The van der Waals surface area contributed by atoms with Gasteiger partial charge in [-0.25, -0.2) is 4.98 Å². The van der Waals surface area contributed by atoms with Crippen LogP contribution in [-0.4, -0.2) is 36.8 Å². The van der Waals surface area contributed by atoms with Crippen molar-refractivity contribution in [1.29, 1.82) is 0 Å². The molecular weight excluding hydrogens is 262 g/mol. The van der Waals surface area contributed by atoms with E-state index in [1.807, 2.05) is 12.3 Å².